The van der Waals surface area contributed by atoms with Gasteiger partial charge in [-0.25, -0.2) is 13.2 Å². The third-order valence-electron chi connectivity index (χ3n) is 5.33. The minimum atomic E-state index is -3.24. The van der Waals surface area contributed by atoms with Crippen molar-refractivity contribution in [2.24, 2.45) is 5.92 Å². The number of esters is 1. The third-order valence-corrected chi connectivity index (χ3v) is 8.22. The van der Waals surface area contributed by atoms with Crippen molar-refractivity contribution < 1.29 is 32.0 Å². The van der Waals surface area contributed by atoms with Crippen LogP contribution in [0.25, 0.3) is 0 Å². The van der Waals surface area contributed by atoms with Crippen LogP contribution < -0.4 is 5.32 Å². The number of nitrogens with one attached hydrogen (secondary N) is 1. The minimum absolute atomic E-state index is 0.0462. The smallest absolute Gasteiger partial charge is 0.341 e. The molecule has 0 bridgehead atoms. The van der Waals surface area contributed by atoms with Crippen LogP contribution in [0.5, 0.6) is 0 Å². The largest absolute Gasteiger partial charge is 0.467 e. The summed E-state index contributed by atoms with van der Waals surface area (Å²) in [4.78, 5) is 39.9. The SMILES string of the molecule is CCOC(=O)c1c(NC(=O)C2CC(=O)N(Cc3ccco3)C2)sc2c1CCS(=O)(=O)C2. The molecule has 0 saturated carbocycles. The summed E-state index contributed by atoms with van der Waals surface area (Å²) in [6, 6.07) is 3.49. The lowest BCUT2D eigenvalue weighted by atomic mass is 10.1. The zero-order valence-corrected chi connectivity index (χ0v) is 18.5. The van der Waals surface area contributed by atoms with E-state index in [1.165, 1.54) is 6.26 Å². The number of hydrogen-bond donors (Lipinski definition) is 1. The number of rotatable bonds is 6. The van der Waals surface area contributed by atoms with Crippen LogP contribution in [-0.2, 0) is 42.9 Å². The quantitative estimate of drug-likeness (QED) is 0.646. The second-order valence-corrected chi connectivity index (χ2v) is 10.8. The molecule has 4 heterocycles. The van der Waals surface area contributed by atoms with Gasteiger partial charge in [0.15, 0.2) is 9.84 Å². The van der Waals surface area contributed by atoms with E-state index in [0.29, 0.717) is 16.2 Å². The Kier molecular flexibility index (Phi) is 5.89. The third kappa shape index (κ3) is 4.52. The molecule has 0 spiro atoms. The number of ether oxygens (including phenoxy) is 1. The van der Waals surface area contributed by atoms with Crippen LogP contribution in [0.3, 0.4) is 0 Å². The molecule has 1 saturated heterocycles. The molecule has 9 nitrogen and oxygen atoms in total. The molecule has 2 aromatic rings. The highest BCUT2D eigenvalue weighted by Gasteiger charge is 2.37. The zero-order chi connectivity index (χ0) is 22.2. The first kappa shape index (κ1) is 21.6. The molecule has 2 aliphatic heterocycles. The maximum Gasteiger partial charge on any atom is 0.341 e. The Morgan fingerprint density at radius 3 is 2.90 bits per heavy atom. The van der Waals surface area contributed by atoms with Gasteiger partial charge in [-0.2, -0.15) is 0 Å². The summed E-state index contributed by atoms with van der Waals surface area (Å²) in [7, 11) is -3.24. The Balaban J connectivity index is 1.53. The van der Waals surface area contributed by atoms with Gasteiger partial charge >= 0.3 is 5.97 Å². The van der Waals surface area contributed by atoms with Crippen LogP contribution in [-0.4, -0.2) is 50.0 Å². The van der Waals surface area contributed by atoms with Gasteiger partial charge in [0.1, 0.15) is 10.8 Å². The fraction of sp³-hybridized carbons (Fsp3) is 0.450. The first-order chi connectivity index (χ1) is 14.8. The van der Waals surface area contributed by atoms with E-state index in [9.17, 15) is 22.8 Å². The number of nitrogens with zero attached hydrogens (tertiary/aromatic N) is 1. The van der Waals surface area contributed by atoms with Crippen LogP contribution in [0.2, 0.25) is 0 Å². The topological polar surface area (TPSA) is 123 Å². The molecule has 2 aliphatic rings. The van der Waals surface area contributed by atoms with Crippen LogP contribution in [0, 0.1) is 5.92 Å². The molecule has 1 N–H and O–H groups in total. The Bertz CT molecular complexity index is 1120. The molecule has 4 rings (SSSR count). The maximum atomic E-state index is 12.9. The Hall–Kier alpha value is -2.66. The van der Waals surface area contributed by atoms with E-state index in [1.54, 1.807) is 24.0 Å². The molecule has 0 aliphatic carbocycles. The lowest BCUT2D eigenvalue weighted by Crippen LogP contribution is -2.28. The van der Waals surface area contributed by atoms with Crippen molar-refractivity contribution in [3.8, 4) is 0 Å². The van der Waals surface area contributed by atoms with E-state index < -0.39 is 21.7 Å². The number of furan rings is 1. The minimum Gasteiger partial charge on any atom is -0.467 e. The highest BCUT2D eigenvalue weighted by Crippen LogP contribution is 2.39. The van der Waals surface area contributed by atoms with Gasteiger partial charge in [0.2, 0.25) is 11.8 Å². The fourth-order valence-corrected chi connectivity index (χ4v) is 6.88. The summed E-state index contributed by atoms with van der Waals surface area (Å²) in [5, 5.41) is 3.04. The fourth-order valence-electron chi connectivity index (χ4n) is 3.84. The maximum absolute atomic E-state index is 12.9. The van der Waals surface area contributed by atoms with E-state index in [-0.39, 0.29) is 66.4 Å². The normalized spacial score (nSPS) is 19.8. The number of fused-ring (bicyclic) bond motifs is 1. The molecule has 1 unspecified atom stereocenters. The second kappa shape index (κ2) is 8.46. The molecule has 0 aromatic carbocycles. The van der Waals surface area contributed by atoms with Crippen molar-refractivity contribution in [3.05, 3.63) is 40.2 Å². The highest BCUT2D eigenvalue weighted by molar-refractivity contribution is 7.90. The molecule has 11 heteroatoms. The summed E-state index contributed by atoms with van der Waals surface area (Å²) in [6.45, 7) is 2.36. The van der Waals surface area contributed by atoms with Gasteiger partial charge < -0.3 is 19.4 Å². The van der Waals surface area contributed by atoms with Gasteiger partial charge in [0, 0.05) is 17.8 Å². The van der Waals surface area contributed by atoms with Gasteiger partial charge in [-0.05, 0) is 31.0 Å². The predicted molar refractivity (Wildman–Crippen MR) is 112 cm³/mol. The summed E-state index contributed by atoms with van der Waals surface area (Å²) in [6.07, 6.45) is 1.79. The number of thiophene rings is 1. The number of carbonyl (C=O) groups excluding carboxylic acids is 3. The van der Waals surface area contributed by atoms with Crippen molar-refractivity contribution in [2.75, 3.05) is 24.2 Å². The first-order valence-corrected chi connectivity index (χ1v) is 12.5. The molecule has 31 heavy (non-hydrogen) atoms. The van der Waals surface area contributed by atoms with Crippen molar-refractivity contribution in [1.29, 1.82) is 0 Å². The van der Waals surface area contributed by atoms with E-state index in [4.69, 9.17) is 9.15 Å². The van der Waals surface area contributed by atoms with Crippen LogP contribution in [0.15, 0.2) is 22.8 Å². The molecular weight excluding hydrogens is 444 g/mol. The zero-order valence-electron chi connectivity index (χ0n) is 16.9. The van der Waals surface area contributed by atoms with E-state index >= 15 is 0 Å². The summed E-state index contributed by atoms with van der Waals surface area (Å²) < 4.78 is 34.4. The van der Waals surface area contributed by atoms with Gasteiger partial charge in [-0.1, -0.05) is 0 Å². The van der Waals surface area contributed by atoms with Crippen molar-refractivity contribution in [1.82, 2.24) is 4.90 Å². The number of hydrogen-bond acceptors (Lipinski definition) is 8. The number of anilines is 1. The molecule has 2 aromatic heterocycles. The number of amides is 2. The van der Waals surface area contributed by atoms with Gasteiger partial charge in [0.05, 0.1) is 42.4 Å². The lowest BCUT2D eigenvalue weighted by molar-refractivity contribution is -0.128. The van der Waals surface area contributed by atoms with Crippen molar-refractivity contribution >= 4 is 44.0 Å². The number of sulfone groups is 1. The standard InChI is InChI=1S/C20H22N2O7S2/c1-2-28-20(25)17-14-5-7-31(26,27)11-15(14)30-19(17)21-18(24)12-8-16(23)22(9-12)10-13-4-3-6-29-13/h3-4,6,12H,2,5,7-11H2,1H3,(H,21,24). The first-order valence-electron chi connectivity index (χ1n) is 9.90. The molecule has 2 amide bonds. The molecule has 0 radical (unpaired) electrons. The van der Waals surface area contributed by atoms with Crippen LogP contribution in [0.1, 0.15) is 39.9 Å². The van der Waals surface area contributed by atoms with Crippen LogP contribution >= 0.6 is 11.3 Å². The monoisotopic (exact) mass is 466 g/mol. The molecule has 1 fully saturated rings. The Morgan fingerprint density at radius 1 is 1.39 bits per heavy atom. The number of carbonyl (C=O) groups is 3. The second-order valence-electron chi connectivity index (χ2n) is 7.51. The van der Waals surface area contributed by atoms with Gasteiger partial charge in [-0.3, -0.25) is 9.59 Å². The number of likely N-dealkylation sites (tertiary alicyclic amines) is 1. The summed E-state index contributed by atoms with van der Waals surface area (Å²) in [5.74, 6) is -1.28. The van der Waals surface area contributed by atoms with E-state index in [2.05, 4.69) is 5.32 Å². The van der Waals surface area contributed by atoms with Crippen molar-refractivity contribution in [3.63, 3.8) is 0 Å². The van der Waals surface area contributed by atoms with Crippen LogP contribution in [0.4, 0.5) is 5.00 Å². The average molecular weight is 467 g/mol. The van der Waals surface area contributed by atoms with Gasteiger partial charge in [0.25, 0.3) is 0 Å². The highest BCUT2D eigenvalue weighted by atomic mass is 32.2. The Morgan fingerprint density at radius 2 is 2.19 bits per heavy atom. The van der Waals surface area contributed by atoms with E-state index in [0.717, 1.165) is 11.3 Å². The van der Waals surface area contributed by atoms with E-state index in [1.807, 2.05) is 0 Å². The molecular formula is C20H22N2O7S2. The molecule has 1 atom stereocenters. The Labute approximate surface area is 183 Å². The lowest BCUT2D eigenvalue weighted by Gasteiger charge is -2.15. The predicted octanol–water partition coefficient (Wildman–Crippen LogP) is 1.98. The summed E-state index contributed by atoms with van der Waals surface area (Å²) >= 11 is 1.09. The van der Waals surface area contributed by atoms with Crippen molar-refractivity contribution in [2.45, 2.75) is 32.1 Å². The summed E-state index contributed by atoms with van der Waals surface area (Å²) in [5.41, 5.74) is 0.845. The average Bonchev–Trinajstić information content (AvgIpc) is 3.41. The van der Waals surface area contributed by atoms with Gasteiger partial charge in [-0.15, -0.1) is 11.3 Å². The molecule has 166 valence electrons.